The Hall–Kier alpha value is -4.26. The summed E-state index contributed by atoms with van der Waals surface area (Å²) in [6, 6.07) is 24.3. The van der Waals surface area contributed by atoms with E-state index in [0.717, 1.165) is 24.2 Å². The van der Waals surface area contributed by atoms with E-state index < -0.39 is 5.41 Å². The molecule has 1 fully saturated rings. The van der Waals surface area contributed by atoms with Crippen molar-refractivity contribution >= 4 is 11.6 Å². The number of nitrogens with zero attached hydrogens (tertiary/aromatic N) is 1. The van der Waals surface area contributed by atoms with E-state index in [-0.39, 0.29) is 12.7 Å². The molecule has 6 rings (SSSR count). The van der Waals surface area contributed by atoms with E-state index in [1.54, 1.807) is 0 Å². The quantitative estimate of drug-likeness (QED) is 0.424. The second kappa shape index (κ2) is 7.70. The summed E-state index contributed by atoms with van der Waals surface area (Å²) >= 11 is 0. The maximum absolute atomic E-state index is 13.1. The zero-order chi connectivity index (χ0) is 22.3. The van der Waals surface area contributed by atoms with Gasteiger partial charge in [-0.1, -0.05) is 23.4 Å². The zero-order valence-corrected chi connectivity index (χ0v) is 17.6. The topological polar surface area (TPSA) is 82.8 Å². The molecular formula is C26H20N2O5. The number of carbonyl (C=O) groups excluding carboxylic acids is 1. The number of amides is 1. The van der Waals surface area contributed by atoms with Gasteiger partial charge in [-0.2, -0.15) is 0 Å². The van der Waals surface area contributed by atoms with Crippen molar-refractivity contribution in [2.24, 2.45) is 0 Å². The van der Waals surface area contributed by atoms with Crippen LogP contribution >= 0.6 is 0 Å². The van der Waals surface area contributed by atoms with Gasteiger partial charge in [-0.05, 0) is 67.4 Å². The molecule has 0 saturated heterocycles. The fourth-order valence-corrected chi connectivity index (χ4v) is 3.89. The SMILES string of the molecule is O=C(Nc1ccc(Oc2ccccc2)cc1)C1(c2cc(-c3ccc4c(c3)OCO4)on2)CC1. The predicted octanol–water partition coefficient (Wildman–Crippen LogP) is 5.53. The highest BCUT2D eigenvalue weighted by molar-refractivity contribution is 6.01. The third-order valence-corrected chi connectivity index (χ3v) is 5.93. The molecule has 7 heteroatoms. The van der Waals surface area contributed by atoms with Gasteiger partial charge >= 0.3 is 0 Å². The average Bonchev–Trinajstić information content (AvgIpc) is 3.27. The van der Waals surface area contributed by atoms with Crippen LogP contribution in [-0.2, 0) is 10.2 Å². The van der Waals surface area contributed by atoms with Crippen molar-refractivity contribution in [3.63, 3.8) is 0 Å². The Morgan fingerprint density at radius 1 is 0.879 bits per heavy atom. The number of benzene rings is 3. The molecule has 1 aliphatic carbocycles. The molecule has 33 heavy (non-hydrogen) atoms. The maximum atomic E-state index is 13.1. The van der Waals surface area contributed by atoms with Crippen molar-refractivity contribution in [3.8, 4) is 34.3 Å². The summed E-state index contributed by atoms with van der Waals surface area (Å²) in [6.07, 6.45) is 1.45. The van der Waals surface area contributed by atoms with Crippen LogP contribution in [0.2, 0.25) is 0 Å². The first-order valence-electron chi connectivity index (χ1n) is 10.7. The van der Waals surface area contributed by atoms with Crippen molar-refractivity contribution in [1.82, 2.24) is 5.16 Å². The highest BCUT2D eigenvalue weighted by Gasteiger charge is 2.53. The molecule has 1 amide bonds. The summed E-state index contributed by atoms with van der Waals surface area (Å²) in [5.41, 5.74) is 1.49. The minimum absolute atomic E-state index is 0.0928. The molecule has 3 aromatic carbocycles. The summed E-state index contributed by atoms with van der Waals surface area (Å²) in [7, 11) is 0. The molecule has 1 saturated carbocycles. The Bertz CT molecular complexity index is 1310. The van der Waals surface area contributed by atoms with Crippen LogP contribution in [0.5, 0.6) is 23.0 Å². The van der Waals surface area contributed by atoms with Gasteiger partial charge in [0.2, 0.25) is 12.7 Å². The Labute approximate surface area is 189 Å². The smallest absolute Gasteiger partial charge is 0.236 e. The van der Waals surface area contributed by atoms with Crippen LogP contribution in [0.25, 0.3) is 11.3 Å². The lowest BCUT2D eigenvalue weighted by Gasteiger charge is -2.13. The van der Waals surface area contributed by atoms with Crippen LogP contribution in [0.4, 0.5) is 5.69 Å². The summed E-state index contributed by atoms with van der Waals surface area (Å²) in [4.78, 5) is 13.1. The molecule has 1 N–H and O–H groups in total. The maximum Gasteiger partial charge on any atom is 0.236 e. The molecule has 2 aliphatic rings. The second-order valence-electron chi connectivity index (χ2n) is 8.12. The molecule has 7 nitrogen and oxygen atoms in total. The number of carbonyl (C=O) groups is 1. The van der Waals surface area contributed by atoms with Crippen molar-refractivity contribution in [1.29, 1.82) is 0 Å². The number of aromatic nitrogens is 1. The van der Waals surface area contributed by atoms with Crippen molar-refractivity contribution < 1.29 is 23.5 Å². The lowest BCUT2D eigenvalue weighted by molar-refractivity contribution is -0.118. The number of nitrogens with one attached hydrogen (secondary N) is 1. The lowest BCUT2D eigenvalue weighted by atomic mass is 10.00. The number of hydrogen-bond acceptors (Lipinski definition) is 6. The van der Waals surface area contributed by atoms with Gasteiger partial charge < -0.3 is 24.1 Å². The largest absolute Gasteiger partial charge is 0.457 e. The number of ether oxygens (including phenoxy) is 3. The van der Waals surface area contributed by atoms with Crippen molar-refractivity contribution in [3.05, 3.63) is 84.6 Å². The second-order valence-corrected chi connectivity index (χ2v) is 8.12. The Morgan fingerprint density at radius 2 is 1.64 bits per heavy atom. The molecule has 4 aromatic rings. The van der Waals surface area contributed by atoms with Gasteiger partial charge in [-0.3, -0.25) is 4.79 Å². The Kier molecular flexibility index (Phi) is 4.54. The van der Waals surface area contributed by atoms with Gasteiger partial charge in [0.1, 0.15) is 11.5 Å². The Balaban J connectivity index is 1.15. The van der Waals surface area contributed by atoms with E-state index in [9.17, 15) is 4.79 Å². The predicted molar refractivity (Wildman–Crippen MR) is 121 cm³/mol. The van der Waals surface area contributed by atoms with Gasteiger partial charge in [-0.25, -0.2) is 0 Å². The number of anilines is 1. The zero-order valence-electron chi connectivity index (χ0n) is 17.6. The summed E-state index contributed by atoms with van der Waals surface area (Å²) < 4.78 is 22.2. The molecule has 1 aliphatic heterocycles. The van der Waals surface area contributed by atoms with E-state index in [1.807, 2.05) is 78.9 Å². The highest BCUT2D eigenvalue weighted by Crippen LogP contribution is 2.49. The van der Waals surface area contributed by atoms with Crippen LogP contribution in [0.15, 0.2) is 83.4 Å². The first-order valence-corrected chi connectivity index (χ1v) is 10.7. The van der Waals surface area contributed by atoms with Crippen LogP contribution in [-0.4, -0.2) is 17.9 Å². The summed E-state index contributed by atoms with van der Waals surface area (Å²) in [5.74, 6) is 3.33. The molecule has 0 bridgehead atoms. The first kappa shape index (κ1) is 19.4. The van der Waals surface area contributed by atoms with Crippen LogP contribution < -0.4 is 19.5 Å². The van der Waals surface area contributed by atoms with Crippen LogP contribution in [0.1, 0.15) is 18.5 Å². The van der Waals surface area contributed by atoms with Gasteiger partial charge in [0.25, 0.3) is 0 Å². The van der Waals surface area contributed by atoms with E-state index in [4.69, 9.17) is 18.7 Å². The van der Waals surface area contributed by atoms with Gasteiger partial charge in [0, 0.05) is 17.3 Å². The average molecular weight is 440 g/mol. The van der Waals surface area contributed by atoms with Crippen molar-refractivity contribution in [2.75, 3.05) is 12.1 Å². The number of para-hydroxylation sites is 1. The third-order valence-electron chi connectivity index (χ3n) is 5.93. The summed E-state index contributed by atoms with van der Waals surface area (Å²) in [5, 5.41) is 7.22. The van der Waals surface area contributed by atoms with Crippen LogP contribution in [0, 0.1) is 0 Å². The molecule has 0 atom stereocenters. The molecule has 0 unspecified atom stereocenters. The molecule has 0 spiro atoms. The minimum atomic E-state index is -0.669. The van der Waals surface area contributed by atoms with Crippen molar-refractivity contribution in [2.45, 2.75) is 18.3 Å². The van der Waals surface area contributed by atoms with E-state index in [2.05, 4.69) is 10.5 Å². The van der Waals surface area contributed by atoms with Gasteiger partial charge in [-0.15, -0.1) is 0 Å². The highest BCUT2D eigenvalue weighted by atomic mass is 16.7. The molecule has 1 aromatic heterocycles. The summed E-state index contributed by atoms with van der Waals surface area (Å²) in [6.45, 7) is 0.211. The monoisotopic (exact) mass is 440 g/mol. The minimum Gasteiger partial charge on any atom is -0.457 e. The van der Waals surface area contributed by atoms with E-state index in [1.165, 1.54) is 0 Å². The lowest BCUT2D eigenvalue weighted by Crippen LogP contribution is -2.28. The Morgan fingerprint density at radius 3 is 2.42 bits per heavy atom. The standard InChI is InChI=1S/C26H20N2O5/c29-25(27-18-7-9-20(10-8-18)32-19-4-2-1-3-5-19)26(12-13-26)24-15-22(33-28-24)17-6-11-21-23(14-17)31-16-30-21/h1-11,14-15H,12-13,16H2,(H,27,29). The van der Waals surface area contributed by atoms with Gasteiger partial charge in [0.15, 0.2) is 17.3 Å². The normalized spacial score (nSPS) is 15.2. The van der Waals surface area contributed by atoms with E-state index in [0.29, 0.717) is 34.4 Å². The number of rotatable bonds is 6. The molecular weight excluding hydrogens is 420 g/mol. The number of fused-ring (bicyclic) bond motifs is 1. The van der Waals surface area contributed by atoms with E-state index >= 15 is 0 Å². The number of hydrogen-bond donors (Lipinski definition) is 1. The fourth-order valence-electron chi connectivity index (χ4n) is 3.89. The first-order chi connectivity index (χ1) is 16.2. The fraction of sp³-hybridized carbons (Fsp3) is 0.154. The van der Waals surface area contributed by atoms with Crippen LogP contribution in [0.3, 0.4) is 0 Å². The van der Waals surface area contributed by atoms with Gasteiger partial charge in [0.05, 0.1) is 11.1 Å². The molecule has 0 radical (unpaired) electrons. The molecule has 164 valence electrons. The third kappa shape index (κ3) is 3.67. The molecule has 2 heterocycles.